The third kappa shape index (κ3) is 0.410. The molecule has 0 amide bonds. The molecule has 0 bridgehead atoms. The van der Waals surface area contributed by atoms with Crippen molar-refractivity contribution in [1.29, 1.82) is 5.26 Å². The number of hydrogen-bond donors (Lipinski definition) is 0. The number of rotatable bonds is 0. The second-order valence-electron chi connectivity index (χ2n) is 6.01. The number of fused-ring (bicyclic) bond motifs is 2. The zero-order chi connectivity index (χ0) is 10.9. The Morgan fingerprint density at radius 2 is 2.12 bits per heavy atom. The molecular formula is C12H12N2O2. The van der Waals surface area contributed by atoms with Gasteiger partial charge in [0.2, 0.25) is 5.90 Å². The van der Waals surface area contributed by atoms with E-state index in [1.807, 2.05) is 0 Å². The molecule has 4 heteroatoms. The van der Waals surface area contributed by atoms with Gasteiger partial charge in [-0.15, -0.1) is 0 Å². The van der Waals surface area contributed by atoms with Gasteiger partial charge in [0, 0.05) is 5.92 Å². The van der Waals surface area contributed by atoms with E-state index in [9.17, 15) is 5.26 Å². The fraction of sp³-hybridized carbons (Fsp3) is 0.833. The molecule has 2 heterocycles. The molecule has 8 atom stereocenters. The highest BCUT2D eigenvalue weighted by Gasteiger charge is 2.93. The fourth-order valence-corrected chi connectivity index (χ4v) is 5.47. The maximum atomic E-state index is 9.53. The zero-order valence-electron chi connectivity index (χ0n) is 9.18. The predicted molar refractivity (Wildman–Crippen MR) is 53.5 cm³/mol. The van der Waals surface area contributed by atoms with E-state index in [-0.39, 0.29) is 17.7 Å². The van der Waals surface area contributed by atoms with Crippen LogP contribution in [-0.2, 0) is 9.47 Å². The van der Waals surface area contributed by atoms with E-state index in [0.717, 1.165) is 0 Å². The number of methoxy groups -OCH3 is 1. The van der Waals surface area contributed by atoms with Crippen molar-refractivity contribution in [2.24, 2.45) is 34.1 Å². The van der Waals surface area contributed by atoms with Crippen molar-refractivity contribution in [2.45, 2.75) is 24.7 Å². The van der Waals surface area contributed by atoms with Gasteiger partial charge < -0.3 is 9.47 Å². The lowest BCUT2D eigenvalue weighted by Gasteiger charge is -2.75. The Kier molecular flexibility index (Phi) is 0.909. The Bertz CT molecular complexity index is 510. The van der Waals surface area contributed by atoms with Crippen LogP contribution >= 0.6 is 0 Å². The Morgan fingerprint density at radius 1 is 1.38 bits per heavy atom. The van der Waals surface area contributed by atoms with E-state index in [0.29, 0.717) is 29.6 Å². The van der Waals surface area contributed by atoms with E-state index in [1.165, 1.54) is 0 Å². The molecule has 5 aliphatic rings. The summed E-state index contributed by atoms with van der Waals surface area (Å²) < 4.78 is 11.5. The van der Waals surface area contributed by atoms with Gasteiger partial charge in [-0.2, -0.15) is 5.26 Å². The molecule has 0 aromatic heterocycles. The largest absolute Gasteiger partial charge is 0.483 e. The van der Waals surface area contributed by atoms with Gasteiger partial charge in [0.1, 0.15) is 0 Å². The lowest BCUT2D eigenvalue weighted by molar-refractivity contribution is -0.236. The van der Waals surface area contributed by atoms with Crippen molar-refractivity contribution in [1.82, 2.24) is 0 Å². The first kappa shape index (κ1) is 8.08. The fourth-order valence-electron chi connectivity index (χ4n) is 5.47. The molecule has 0 spiro atoms. The van der Waals surface area contributed by atoms with Crippen molar-refractivity contribution in [3.8, 4) is 6.07 Å². The molecule has 2 aliphatic heterocycles. The average molecular weight is 216 g/mol. The molecule has 8 unspecified atom stereocenters. The molecule has 0 aromatic carbocycles. The molecule has 16 heavy (non-hydrogen) atoms. The van der Waals surface area contributed by atoms with E-state index in [1.54, 1.807) is 7.11 Å². The van der Waals surface area contributed by atoms with Gasteiger partial charge in [0.25, 0.3) is 0 Å². The maximum Gasteiger partial charge on any atom is 0.207 e. The topological polar surface area (TPSA) is 54.6 Å². The van der Waals surface area contributed by atoms with E-state index < -0.39 is 5.41 Å². The van der Waals surface area contributed by atoms with E-state index in [4.69, 9.17) is 14.5 Å². The lowest BCUT2D eigenvalue weighted by atomic mass is 9.26. The molecule has 0 radical (unpaired) electrons. The van der Waals surface area contributed by atoms with Crippen LogP contribution < -0.4 is 0 Å². The number of ether oxygens (including phenoxy) is 2. The summed E-state index contributed by atoms with van der Waals surface area (Å²) in [7, 11) is 1.63. The highest BCUT2D eigenvalue weighted by Crippen LogP contribution is 2.84. The Hall–Kier alpha value is -1.08. The molecule has 3 aliphatic carbocycles. The van der Waals surface area contributed by atoms with Crippen molar-refractivity contribution in [3.63, 3.8) is 0 Å². The minimum Gasteiger partial charge on any atom is -0.483 e. The first-order valence-corrected chi connectivity index (χ1v) is 5.91. The molecule has 3 saturated carbocycles. The Morgan fingerprint density at radius 3 is 2.81 bits per heavy atom. The van der Waals surface area contributed by atoms with E-state index >= 15 is 0 Å². The zero-order valence-corrected chi connectivity index (χ0v) is 9.18. The van der Waals surface area contributed by atoms with Crippen LogP contribution in [-0.4, -0.2) is 30.8 Å². The van der Waals surface area contributed by atoms with Gasteiger partial charge in [-0.3, -0.25) is 0 Å². The van der Waals surface area contributed by atoms with Gasteiger partial charge in [-0.25, -0.2) is 4.99 Å². The summed E-state index contributed by atoms with van der Waals surface area (Å²) in [5.74, 6) is 3.01. The van der Waals surface area contributed by atoms with Crippen LogP contribution in [0.1, 0.15) is 6.92 Å². The number of nitrogens with zero attached hydrogens (tertiary/aromatic N) is 2. The van der Waals surface area contributed by atoms with Crippen molar-refractivity contribution < 1.29 is 9.47 Å². The molecule has 0 aromatic rings. The Labute approximate surface area is 93.2 Å². The number of nitriles is 1. The quantitative estimate of drug-likeness (QED) is 0.595. The SMILES string of the molecule is COC1=NC2(C)C3OC4C5C3C2C5C14C#N. The van der Waals surface area contributed by atoms with Crippen LogP contribution in [0.5, 0.6) is 0 Å². The second kappa shape index (κ2) is 1.80. The normalized spacial score (nSPS) is 70.4. The first-order chi connectivity index (χ1) is 7.70. The van der Waals surface area contributed by atoms with Crippen LogP contribution in [0.3, 0.4) is 0 Å². The molecule has 5 rings (SSSR count). The number of hydrogen-bond acceptors (Lipinski definition) is 4. The third-order valence-corrected chi connectivity index (χ3v) is 5.95. The van der Waals surface area contributed by atoms with Crippen molar-refractivity contribution >= 4 is 5.90 Å². The van der Waals surface area contributed by atoms with Crippen molar-refractivity contribution in [3.05, 3.63) is 0 Å². The van der Waals surface area contributed by atoms with Crippen LogP contribution in [0.4, 0.5) is 0 Å². The summed E-state index contributed by atoms with van der Waals surface area (Å²) >= 11 is 0. The molecule has 82 valence electrons. The summed E-state index contributed by atoms with van der Waals surface area (Å²) in [6.07, 6.45) is 0.323. The summed E-state index contributed by atoms with van der Waals surface area (Å²) in [5.41, 5.74) is -0.631. The van der Waals surface area contributed by atoms with Crippen LogP contribution in [0.2, 0.25) is 0 Å². The second-order valence-corrected chi connectivity index (χ2v) is 6.01. The Balaban J connectivity index is 1.83. The van der Waals surface area contributed by atoms with Gasteiger partial charge >= 0.3 is 0 Å². The average Bonchev–Trinajstić information content (AvgIpc) is 2.39. The third-order valence-electron chi connectivity index (χ3n) is 5.95. The van der Waals surface area contributed by atoms with Crippen molar-refractivity contribution in [2.75, 3.05) is 7.11 Å². The lowest BCUT2D eigenvalue weighted by Crippen LogP contribution is -2.84. The molecule has 4 nitrogen and oxygen atoms in total. The van der Waals surface area contributed by atoms with Gasteiger partial charge in [-0.1, -0.05) is 0 Å². The highest BCUT2D eigenvalue weighted by molar-refractivity contribution is 5.91. The van der Waals surface area contributed by atoms with Crippen LogP contribution in [0, 0.1) is 40.4 Å². The molecule has 0 N–H and O–H groups in total. The summed E-state index contributed by atoms with van der Waals surface area (Å²) in [6, 6.07) is 2.46. The molecule has 1 saturated heterocycles. The smallest absolute Gasteiger partial charge is 0.207 e. The minimum absolute atomic E-state index is 0.0665. The predicted octanol–water partition coefficient (Wildman–Crippen LogP) is 0.587. The minimum atomic E-state index is -0.536. The highest BCUT2D eigenvalue weighted by atomic mass is 16.5. The van der Waals surface area contributed by atoms with Gasteiger partial charge in [0.05, 0.1) is 30.9 Å². The first-order valence-electron chi connectivity index (χ1n) is 5.91. The maximum absolute atomic E-state index is 9.53. The van der Waals surface area contributed by atoms with Gasteiger partial charge in [0.15, 0.2) is 5.41 Å². The standard InChI is InChI=1S/C12H12N2O2/c1-11-6-4-5-7(6)12(3-13,10(14-11)15-2)9(5)16-8(4)11/h4-9H,1-2H3. The monoisotopic (exact) mass is 216 g/mol. The summed E-state index contributed by atoms with van der Waals surface area (Å²) in [5, 5.41) is 9.53. The van der Waals surface area contributed by atoms with E-state index in [2.05, 4.69) is 13.0 Å². The summed E-state index contributed by atoms with van der Waals surface area (Å²) in [4.78, 5) is 4.71. The van der Waals surface area contributed by atoms with Gasteiger partial charge in [-0.05, 0) is 24.7 Å². The van der Waals surface area contributed by atoms with Crippen LogP contribution in [0.25, 0.3) is 0 Å². The molecular weight excluding hydrogens is 204 g/mol. The molecule has 4 fully saturated rings. The van der Waals surface area contributed by atoms with Crippen LogP contribution in [0.15, 0.2) is 4.99 Å². The summed E-state index contributed by atoms with van der Waals surface area (Å²) in [6.45, 7) is 2.16. The number of aliphatic imine (C=N–C) groups is 1.